The molecule has 13 heteroatoms. The van der Waals surface area contributed by atoms with Crippen LogP contribution in [0.5, 0.6) is 23.1 Å². The standard InChI is InChI=1S/C25H23N5O7S/c1-15-9-10-20(27-14-15)30(38(32)33)23-21(37-19-8-6-5-7-18(19)34-2)24(35-3)29-22(28-23)16-11-12-26-17(13-16)25(31)36-4/h5-14H,1-4H3,(H,32,33)/p-1. The van der Waals surface area contributed by atoms with Crippen LogP contribution >= 0.6 is 0 Å². The molecule has 0 saturated heterocycles. The highest BCUT2D eigenvalue weighted by Gasteiger charge is 2.27. The molecule has 0 N–H and O–H groups in total. The smallest absolute Gasteiger partial charge is 0.356 e. The molecule has 0 spiro atoms. The van der Waals surface area contributed by atoms with Gasteiger partial charge < -0.3 is 23.5 Å². The number of esters is 1. The lowest BCUT2D eigenvalue weighted by atomic mass is 10.2. The minimum Gasteiger partial charge on any atom is -0.755 e. The fraction of sp³-hybridized carbons (Fsp3) is 0.160. The first-order chi connectivity index (χ1) is 18.4. The Morgan fingerprint density at radius 3 is 2.37 bits per heavy atom. The van der Waals surface area contributed by atoms with E-state index in [1.54, 1.807) is 36.4 Å². The van der Waals surface area contributed by atoms with Gasteiger partial charge in [-0.3, -0.25) is 4.21 Å². The number of aryl methyl sites for hydroxylation is 1. The molecule has 1 unspecified atom stereocenters. The van der Waals surface area contributed by atoms with Crippen LogP contribution in [0, 0.1) is 6.92 Å². The van der Waals surface area contributed by atoms with Crippen molar-refractivity contribution in [3.63, 3.8) is 0 Å². The molecule has 1 atom stereocenters. The van der Waals surface area contributed by atoms with Crippen LogP contribution in [0.3, 0.4) is 0 Å². The number of anilines is 2. The SMILES string of the molecule is COC(=O)c1cc(-c2nc(OC)c(Oc3ccccc3OC)c(N(c3ccc(C)cn3)S(=O)[O-])n2)ccn1. The second-order valence-electron chi connectivity index (χ2n) is 7.59. The van der Waals surface area contributed by atoms with E-state index in [2.05, 4.69) is 19.9 Å². The number of ether oxygens (including phenoxy) is 4. The number of carbonyl (C=O) groups excluding carboxylic acids is 1. The van der Waals surface area contributed by atoms with Crippen molar-refractivity contribution in [3.8, 4) is 34.5 Å². The summed E-state index contributed by atoms with van der Waals surface area (Å²) in [4.78, 5) is 29.2. The molecule has 0 aliphatic carbocycles. The van der Waals surface area contributed by atoms with Gasteiger partial charge >= 0.3 is 5.97 Å². The number of nitrogens with zero attached hydrogens (tertiary/aromatic N) is 5. The van der Waals surface area contributed by atoms with Gasteiger partial charge in [-0.15, -0.1) is 0 Å². The van der Waals surface area contributed by atoms with Gasteiger partial charge in [0, 0.05) is 18.0 Å². The van der Waals surface area contributed by atoms with E-state index in [4.69, 9.17) is 18.9 Å². The Balaban J connectivity index is 1.97. The average molecular weight is 537 g/mol. The Bertz CT molecular complexity index is 1480. The summed E-state index contributed by atoms with van der Waals surface area (Å²) in [6, 6.07) is 13.0. The number of para-hydroxylation sites is 2. The lowest BCUT2D eigenvalue weighted by Crippen LogP contribution is -2.23. The average Bonchev–Trinajstić information content (AvgIpc) is 2.94. The van der Waals surface area contributed by atoms with Crippen LogP contribution in [0.25, 0.3) is 11.4 Å². The molecular formula is C25H22N5O7S-. The first-order valence-electron chi connectivity index (χ1n) is 11.0. The maximum absolute atomic E-state index is 12.6. The van der Waals surface area contributed by atoms with Crippen LogP contribution in [-0.2, 0) is 16.0 Å². The summed E-state index contributed by atoms with van der Waals surface area (Å²) in [5, 5.41) is 0. The van der Waals surface area contributed by atoms with Crippen molar-refractivity contribution in [2.24, 2.45) is 0 Å². The van der Waals surface area contributed by atoms with Crippen LogP contribution in [-0.4, -0.2) is 56.0 Å². The van der Waals surface area contributed by atoms with E-state index in [-0.39, 0.29) is 40.5 Å². The van der Waals surface area contributed by atoms with Crippen molar-refractivity contribution in [3.05, 3.63) is 72.2 Å². The maximum Gasteiger partial charge on any atom is 0.356 e. The summed E-state index contributed by atoms with van der Waals surface area (Å²) in [7, 11) is 4.05. The number of aromatic nitrogens is 4. The molecule has 12 nitrogen and oxygen atoms in total. The van der Waals surface area contributed by atoms with Gasteiger partial charge in [-0.05, 0) is 42.8 Å². The van der Waals surface area contributed by atoms with Crippen molar-refractivity contribution in [1.82, 2.24) is 19.9 Å². The summed E-state index contributed by atoms with van der Waals surface area (Å²) < 4.78 is 47.7. The third kappa shape index (κ3) is 5.53. The Labute approximate surface area is 220 Å². The van der Waals surface area contributed by atoms with Crippen LogP contribution in [0.1, 0.15) is 16.1 Å². The first-order valence-corrected chi connectivity index (χ1v) is 12.0. The predicted molar refractivity (Wildman–Crippen MR) is 136 cm³/mol. The van der Waals surface area contributed by atoms with Crippen molar-refractivity contribution >= 4 is 28.9 Å². The lowest BCUT2D eigenvalue weighted by Gasteiger charge is -2.27. The molecule has 0 radical (unpaired) electrons. The lowest BCUT2D eigenvalue weighted by molar-refractivity contribution is 0.0594. The van der Waals surface area contributed by atoms with E-state index in [1.165, 1.54) is 45.9 Å². The normalized spacial score (nSPS) is 11.4. The molecule has 196 valence electrons. The molecule has 3 aromatic heterocycles. The third-order valence-electron chi connectivity index (χ3n) is 5.15. The summed E-state index contributed by atoms with van der Waals surface area (Å²) in [6.07, 6.45) is 2.89. The van der Waals surface area contributed by atoms with Crippen molar-refractivity contribution in [1.29, 1.82) is 0 Å². The van der Waals surface area contributed by atoms with E-state index in [9.17, 15) is 13.6 Å². The molecule has 0 fully saturated rings. The van der Waals surface area contributed by atoms with Gasteiger partial charge in [0.15, 0.2) is 23.1 Å². The van der Waals surface area contributed by atoms with Gasteiger partial charge in [0.05, 0.1) is 32.6 Å². The Hall–Kier alpha value is -4.62. The molecule has 0 bridgehead atoms. The molecule has 1 aromatic carbocycles. The van der Waals surface area contributed by atoms with Crippen LogP contribution in [0.4, 0.5) is 11.6 Å². The van der Waals surface area contributed by atoms with Crippen LogP contribution in [0.15, 0.2) is 60.9 Å². The highest BCUT2D eigenvalue weighted by atomic mass is 32.2. The second-order valence-corrected chi connectivity index (χ2v) is 8.39. The monoisotopic (exact) mass is 536 g/mol. The highest BCUT2D eigenvalue weighted by Crippen LogP contribution is 2.44. The molecule has 3 heterocycles. The predicted octanol–water partition coefficient (Wildman–Crippen LogP) is 3.77. The minimum atomic E-state index is -2.90. The zero-order chi connectivity index (χ0) is 27.2. The van der Waals surface area contributed by atoms with E-state index in [1.807, 2.05) is 6.92 Å². The summed E-state index contributed by atoms with van der Waals surface area (Å²) in [5.74, 6) is -0.351. The second kappa shape index (κ2) is 11.6. The molecule has 0 saturated carbocycles. The van der Waals surface area contributed by atoms with Gasteiger partial charge in [-0.1, -0.05) is 18.2 Å². The zero-order valence-corrected chi connectivity index (χ0v) is 21.6. The Morgan fingerprint density at radius 2 is 1.74 bits per heavy atom. The molecule has 38 heavy (non-hydrogen) atoms. The quantitative estimate of drug-likeness (QED) is 0.227. The highest BCUT2D eigenvalue weighted by molar-refractivity contribution is 7.81. The number of hydrogen-bond donors (Lipinski definition) is 0. The van der Waals surface area contributed by atoms with Gasteiger partial charge in [0.1, 0.15) is 11.5 Å². The zero-order valence-electron chi connectivity index (χ0n) is 20.8. The third-order valence-corrected chi connectivity index (χ3v) is 5.81. The molecule has 0 aliphatic rings. The van der Waals surface area contributed by atoms with E-state index in [0.717, 1.165) is 9.87 Å². The largest absolute Gasteiger partial charge is 0.755 e. The van der Waals surface area contributed by atoms with E-state index >= 15 is 0 Å². The molecule has 0 amide bonds. The number of methoxy groups -OCH3 is 3. The number of pyridine rings is 2. The Kier molecular flexibility index (Phi) is 8.09. The molecular weight excluding hydrogens is 514 g/mol. The summed E-state index contributed by atoms with van der Waals surface area (Å²) >= 11 is -2.90. The number of rotatable bonds is 9. The fourth-order valence-corrected chi connectivity index (χ4v) is 3.87. The number of benzene rings is 1. The maximum atomic E-state index is 12.6. The van der Waals surface area contributed by atoms with Crippen LogP contribution in [0.2, 0.25) is 0 Å². The van der Waals surface area contributed by atoms with Crippen molar-refractivity contribution < 1.29 is 32.5 Å². The topological polar surface area (TPSA) is 149 Å². The van der Waals surface area contributed by atoms with Crippen molar-refractivity contribution in [2.75, 3.05) is 25.6 Å². The molecule has 4 aromatic rings. The van der Waals surface area contributed by atoms with Gasteiger partial charge in [0.2, 0.25) is 5.75 Å². The minimum absolute atomic E-state index is 0.00734. The summed E-state index contributed by atoms with van der Waals surface area (Å²) in [5.41, 5.74) is 1.18. The molecule has 0 aliphatic heterocycles. The fourth-order valence-electron chi connectivity index (χ4n) is 3.35. The Morgan fingerprint density at radius 1 is 0.974 bits per heavy atom. The van der Waals surface area contributed by atoms with Gasteiger partial charge in [0.25, 0.3) is 5.88 Å². The van der Waals surface area contributed by atoms with Gasteiger partial charge in [-0.2, -0.15) is 4.98 Å². The van der Waals surface area contributed by atoms with Crippen molar-refractivity contribution in [2.45, 2.75) is 6.92 Å². The summed E-state index contributed by atoms with van der Waals surface area (Å²) in [6.45, 7) is 1.82. The van der Waals surface area contributed by atoms with E-state index in [0.29, 0.717) is 11.3 Å². The molecule has 4 rings (SSSR count). The number of hydrogen-bond acceptors (Lipinski definition) is 11. The van der Waals surface area contributed by atoms with Gasteiger partial charge in [-0.25, -0.2) is 24.1 Å². The van der Waals surface area contributed by atoms with Crippen LogP contribution < -0.4 is 18.5 Å². The number of carbonyl (C=O) groups is 1. The van der Waals surface area contributed by atoms with E-state index < -0.39 is 17.2 Å². The first kappa shape index (κ1) is 26.4.